The smallest absolute Gasteiger partial charge is 0.186 e. The fourth-order valence-corrected chi connectivity index (χ4v) is 9.45. The number of benzene rings is 4. The molecule has 0 amide bonds. The fourth-order valence-electron chi connectivity index (χ4n) is 9.45. The molecule has 29 heteroatoms. The van der Waals surface area contributed by atoms with Crippen LogP contribution in [0.2, 0.25) is 0 Å². The van der Waals surface area contributed by atoms with Gasteiger partial charge in [0.05, 0.1) is 304 Å². The molecule has 0 aliphatic carbocycles. The number of ether oxygens (including phenoxy) is 25. The normalized spacial score (nSPS) is 16.1. The molecule has 5 rings (SSSR count). The Morgan fingerprint density at radius 1 is 0.210 bits per heavy atom. The van der Waals surface area contributed by atoms with Gasteiger partial charge in [0, 0.05) is 0 Å². The third-order valence-electron chi connectivity index (χ3n) is 15.1. The lowest BCUT2D eigenvalue weighted by atomic mass is 9.98. The maximum atomic E-state index is 9.96. The summed E-state index contributed by atoms with van der Waals surface area (Å²) in [6, 6.07) is 35.9. The highest BCUT2D eigenvalue weighted by Crippen LogP contribution is 2.29. The van der Waals surface area contributed by atoms with Crippen molar-refractivity contribution in [3.05, 3.63) is 103 Å². The van der Waals surface area contributed by atoms with Crippen molar-refractivity contribution in [1.29, 1.82) is 0 Å². The summed E-state index contributed by atoms with van der Waals surface area (Å²) in [5, 5.41) is 38.8. The van der Waals surface area contributed by atoms with E-state index in [0.29, 0.717) is 291 Å². The van der Waals surface area contributed by atoms with Gasteiger partial charge in [0.2, 0.25) is 0 Å². The van der Waals surface area contributed by atoms with Crippen molar-refractivity contribution in [2.45, 2.75) is 30.7 Å². The molecule has 0 aromatic heterocycles. The second kappa shape index (κ2) is 66.5. The summed E-state index contributed by atoms with van der Waals surface area (Å²) >= 11 is 0. The standard InChI is InChI=1S/C76H120O29/c77-64-72-73(78)74(79)75(80)76(105-72)104-63-61-102-59-57-100-55-53-98-51-49-96-47-45-94-43-41-92-39-37-90-35-33-88-31-29-86-27-25-84-23-21-82-19-18-81-20-22-83-24-26-85-28-30-87-32-34-89-36-38-91-40-42-93-44-46-95-48-50-97-52-54-99-56-58-101-60-62-103-71-16-14-70(15-17-71)69-12-10-68(11-13-69)67-8-6-66(7-9-67)65-4-2-1-3-5-65/h1-17,72-80H,18-64H2/t72-,73+,74+,75-,76-/m1/s1. The Morgan fingerprint density at radius 3 is 0.619 bits per heavy atom. The van der Waals surface area contributed by atoms with Gasteiger partial charge in [-0.1, -0.05) is 91.0 Å². The molecular formula is C76H120O29. The number of rotatable bonds is 75. The van der Waals surface area contributed by atoms with Crippen molar-refractivity contribution >= 4 is 0 Å². The Morgan fingerprint density at radius 2 is 0.400 bits per heavy atom. The van der Waals surface area contributed by atoms with Gasteiger partial charge in [-0.05, 0) is 45.5 Å². The van der Waals surface area contributed by atoms with E-state index in [4.69, 9.17) is 118 Å². The van der Waals surface area contributed by atoms with E-state index in [9.17, 15) is 20.4 Å². The molecule has 29 nitrogen and oxygen atoms in total. The number of aliphatic hydroxyl groups is 4. The minimum atomic E-state index is -1.48. The average Bonchev–Trinajstić information content (AvgIpc) is 0.825. The third-order valence-corrected chi connectivity index (χ3v) is 15.1. The quantitative estimate of drug-likeness (QED) is 0.0449. The van der Waals surface area contributed by atoms with Crippen molar-refractivity contribution in [2.24, 2.45) is 0 Å². The molecule has 4 aromatic rings. The van der Waals surface area contributed by atoms with Crippen molar-refractivity contribution in [3.8, 4) is 39.1 Å². The Kier molecular flexibility index (Phi) is 57.8. The van der Waals surface area contributed by atoms with E-state index in [2.05, 4.69) is 84.9 Å². The second-order valence-electron chi connectivity index (χ2n) is 22.9. The van der Waals surface area contributed by atoms with Crippen LogP contribution in [0.4, 0.5) is 0 Å². The summed E-state index contributed by atoms with van der Waals surface area (Å²) in [5.41, 5.74) is 7.10. The maximum absolute atomic E-state index is 9.96. The van der Waals surface area contributed by atoms with E-state index in [1.807, 2.05) is 18.2 Å². The zero-order chi connectivity index (χ0) is 73.9. The molecule has 1 saturated heterocycles. The van der Waals surface area contributed by atoms with Crippen LogP contribution in [0.1, 0.15) is 0 Å². The van der Waals surface area contributed by atoms with Crippen LogP contribution in [-0.2, 0) is 114 Å². The van der Waals surface area contributed by atoms with E-state index in [-0.39, 0.29) is 13.2 Å². The predicted molar refractivity (Wildman–Crippen MR) is 386 cm³/mol. The highest BCUT2D eigenvalue weighted by atomic mass is 16.7. The Labute approximate surface area is 620 Å². The summed E-state index contributed by atoms with van der Waals surface area (Å²) in [6.45, 7) is 20.0. The third kappa shape index (κ3) is 48.0. The van der Waals surface area contributed by atoms with Crippen molar-refractivity contribution in [1.82, 2.24) is 0 Å². The van der Waals surface area contributed by atoms with Gasteiger partial charge in [-0.25, -0.2) is 0 Å². The molecule has 105 heavy (non-hydrogen) atoms. The summed E-state index contributed by atoms with van der Waals surface area (Å²) in [4.78, 5) is 0. The largest absolute Gasteiger partial charge is 0.491 e. The summed E-state index contributed by atoms with van der Waals surface area (Å²) in [5.74, 6) is 0.804. The molecule has 0 radical (unpaired) electrons. The van der Waals surface area contributed by atoms with Crippen LogP contribution in [0.5, 0.6) is 5.75 Å². The number of hydrogen-bond donors (Lipinski definition) is 4. The fraction of sp³-hybridized carbons (Fsp3) is 0.684. The van der Waals surface area contributed by atoms with E-state index in [1.165, 1.54) is 22.3 Å². The van der Waals surface area contributed by atoms with E-state index >= 15 is 0 Å². The Hall–Kier alpha value is -4.44. The summed E-state index contributed by atoms with van der Waals surface area (Å²) in [7, 11) is 0. The Bertz CT molecular complexity index is 2500. The lowest BCUT2D eigenvalue weighted by Crippen LogP contribution is -2.59. The van der Waals surface area contributed by atoms with Gasteiger partial charge in [0.25, 0.3) is 0 Å². The molecule has 5 atom stereocenters. The molecule has 0 saturated carbocycles. The average molecular weight is 1500 g/mol. The molecule has 0 bridgehead atoms. The van der Waals surface area contributed by atoms with Crippen LogP contribution < -0.4 is 4.74 Å². The van der Waals surface area contributed by atoms with Crippen LogP contribution in [-0.4, -0.2) is 362 Å². The van der Waals surface area contributed by atoms with Gasteiger partial charge in [0.15, 0.2) is 6.29 Å². The summed E-state index contributed by atoms with van der Waals surface area (Å²) < 4.78 is 138. The van der Waals surface area contributed by atoms with Crippen LogP contribution in [0.3, 0.4) is 0 Å². The first-order valence-corrected chi connectivity index (χ1v) is 36.6. The molecule has 0 unspecified atom stereocenters. The molecule has 1 heterocycles. The molecule has 598 valence electrons. The summed E-state index contributed by atoms with van der Waals surface area (Å²) in [6.07, 6.45) is -6.56. The van der Waals surface area contributed by atoms with Gasteiger partial charge in [-0.3, -0.25) is 0 Å². The SMILES string of the molecule is OC[C@H]1O[C@@H](OCCOCCOCCOCCOCCOCCOCCOCCOCCOCCOCCOCCOCCOCCOCCOCCOCCOCCOCCOCCOCCOCCOCCOc2ccc(-c3ccc(-c4ccc(-c5ccccc5)cc4)cc3)cc2)[C@H](O)[C@@H](O)[C@H]1O. The Balaban J connectivity index is 0.605. The lowest BCUT2D eigenvalue weighted by molar-refractivity contribution is -0.302. The van der Waals surface area contributed by atoms with Crippen LogP contribution in [0.15, 0.2) is 103 Å². The van der Waals surface area contributed by atoms with Gasteiger partial charge >= 0.3 is 0 Å². The van der Waals surface area contributed by atoms with Gasteiger partial charge in [0.1, 0.15) is 36.8 Å². The topological polar surface area (TPSA) is 312 Å². The highest BCUT2D eigenvalue weighted by Gasteiger charge is 2.44. The molecule has 1 aliphatic rings. The zero-order valence-electron chi connectivity index (χ0n) is 61.4. The van der Waals surface area contributed by atoms with Crippen molar-refractivity contribution < 1.29 is 139 Å². The van der Waals surface area contributed by atoms with Crippen molar-refractivity contribution in [2.75, 3.05) is 311 Å². The lowest BCUT2D eigenvalue weighted by Gasteiger charge is -2.39. The first-order valence-electron chi connectivity index (χ1n) is 36.6. The number of aliphatic hydroxyl groups excluding tert-OH is 4. The van der Waals surface area contributed by atoms with Gasteiger partial charge in [-0.15, -0.1) is 0 Å². The van der Waals surface area contributed by atoms with Crippen molar-refractivity contribution in [3.63, 3.8) is 0 Å². The molecule has 0 spiro atoms. The van der Waals surface area contributed by atoms with Crippen LogP contribution in [0, 0.1) is 0 Å². The van der Waals surface area contributed by atoms with Crippen LogP contribution in [0.25, 0.3) is 33.4 Å². The number of hydrogen-bond acceptors (Lipinski definition) is 29. The molecule has 1 fully saturated rings. The first-order chi connectivity index (χ1) is 52.0. The predicted octanol–water partition coefficient (Wildman–Crippen LogP) is 4.25. The minimum Gasteiger partial charge on any atom is -0.491 e. The van der Waals surface area contributed by atoms with E-state index < -0.39 is 37.3 Å². The molecule has 4 N–H and O–H groups in total. The van der Waals surface area contributed by atoms with Gasteiger partial charge in [-0.2, -0.15) is 0 Å². The molecular weight excluding hydrogens is 1380 g/mol. The zero-order valence-corrected chi connectivity index (χ0v) is 61.4. The second-order valence-corrected chi connectivity index (χ2v) is 22.9. The monoisotopic (exact) mass is 1500 g/mol. The molecule has 4 aromatic carbocycles. The first kappa shape index (κ1) is 91.2. The highest BCUT2D eigenvalue weighted by molar-refractivity contribution is 5.73. The molecule has 1 aliphatic heterocycles. The van der Waals surface area contributed by atoms with Gasteiger partial charge < -0.3 is 139 Å². The minimum absolute atomic E-state index is 0.0755. The van der Waals surface area contributed by atoms with E-state index in [1.54, 1.807) is 0 Å². The van der Waals surface area contributed by atoms with Crippen LogP contribution >= 0.6 is 0 Å². The van der Waals surface area contributed by atoms with E-state index in [0.717, 1.165) is 16.9 Å². The maximum Gasteiger partial charge on any atom is 0.186 e.